The summed E-state index contributed by atoms with van der Waals surface area (Å²) in [5.74, 6) is 0.227. The lowest BCUT2D eigenvalue weighted by Gasteiger charge is -2.16. The second kappa shape index (κ2) is 6.75. The Hall–Kier alpha value is -1.29. The van der Waals surface area contributed by atoms with Gasteiger partial charge in [-0.3, -0.25) is 4.79 Å². The number of carbonyl (C=O) groups excluding carboxylic acids is 1. The van der Waals surface area contributed by atoms with Crippen molar-refractivity contribution in [2.75, 3.05) is 17.7 Å². The molecule has 0 bridgehead atoms. The Labute approximate surface area is 118 Å². The van der Waals surface area contributed by atoms with Gasteiger partial charge in [0.15, 0.2) is 0 Å². The smallest absolute Gasteiger partial charge is 0.227 e. The molecule has 1 aromatic rings. The second-order valence-electron chi connectivity index (χ2n) is 4.98. The molecule has 0 unspecified atom stereocenters. The van der Waals surface area contributed by atoms with E-state index in [9.17, 15) is 4.79 Å². The summed E-state index contributed by atoms with van der Waals surface area (Å²) in [4.78, 5) is 16.3. The van der Waals surface area contributed by atoms with Gasteiger partial charge in [-0.05, 0) is 12.8 Å². The summed E-state index contributed by atoms with van der Waals surface area (Å²) in [6.45, 7) is 0. The minimum atomic E-state index is 0.0996. The highest BCUT2D eigenvalue weighted by Gasteiger charge is 2.20. The molecule has 1 aromatic heterocycles. The van der Waals surface area contributed by atoms with Gasteiger partial charge in [-0.25, -0.2) is 4.98 Å². The van der Waals surface area contributed by atoms with Crippen molar-refractivity contribution in [1.29, 1.82) is 0 Å². The van der Waals surface area contributed by atoms with E-state index in [1.165, 1.54) is 12.8 Å². The highest BCUT2D eigenvalue weighted by atomic mass is 35.5. The van der Waals surface area contributed by atoms with E-state index >= 15 is 0 Å². The number of nitrogens with one attached hydrogen (secondary N) is 2. The van der Waals surface area contributed by atoms with Gasteiger partial charge in [0, 0.05) is 19.0 Å². The topological polar surface area (TPSA) is 54.0 Å². The normalized spacial score (nSPS) is 16.7. The van der Waals surface area contributed by atoms with Gasteiger partial charge < -0.3 is 10.6 Å². The van der Waals surface area contributed by atoms with Crippen molar-refractivity contribution in [2.24, 2.45) is 5.92 Å². The van der Waals surface area contributed by atoms with Crippen LogP contribution in [0.25, 0.3) is 0 Å². The summed E-state index contributed by atoms with van der Waals surface area (Å²) >= 11 is 5.84. The number of carbonyl (C=O) groups is 1. The first-order valence-electron chi connectivity index (χ1n) is 6.85. The average molecular weight is 282 g/mol. The summed E-state index contributed by atoms with van der Waals surface area (Å²) in [5, 5.41) is 6.40. The maximum absolute atomic E-state index is 12.3. The molecular formula is C14H20ClN3O. The van der Waals surface area contributed by atoms with E-state index in [4.69, 9.17) is 11.6 Å². The molecule has 2 rings (SSSR count). The summed E-state index contributed by atoms with van der Waals surface area (Å²) < 4.78 is 0. The van der Waals surface area contributed by atoms with Crippen molar-refractivity contribution in [3.8, 4) is 0 Å². The highest BCUT2D eigenvalue weighted by molar-refractivity contribution is 6.29. The third-order valence-corrected chi connectivity index (χ3v) is 3.83. The number of aromatic nitrogens is 1. The van der Waals surface area contributed by atoms with Gasteiger partial charge in [-0.1, -0.05) is 37.3 Å². The van der Waals surface area contributed by atoms with Crippen LogP contribution in [0.1, 0.15) is 38.5 Å². The number of rotatable bonds is 3. The van der Waals surface area contributed by atoms with Crippen LogP contribution in [0.5, 0.6) is 0 Å². The maximum Gasteiger partial charge on any atom is 0.227 e. The molecule has 1 aliphatic carbocycles. The lowest BCUT2D eigenvalue weighted by Crippen LogP contribution is -2.23. The highest BCUT2D eigenvalue weighted by Crippen LogP contribution is 2.27. The number of hydrogen-bond donors (Lipinski definition) is 2. The maximum atomic E-state index is 12.3. The third kappa shape index (κ3) is 3.83. The lowest BCUT2D eigenvalue weighted by molar-refractivity contribution is -0.120. The van der Waals surface area contributed by atoms with Crippen LogP contribution in [0, 0.1) is 5.92 Å². The molecule has 0 aliphatic heterocycles. The second-order valence-corrected chi connectivity index (χ2v) is 5.37. The van der Waals surface area contributed by atoms with Crippen LogP contribution in [0.15, 0.2) is 12.3 Å². The Bertz CT molecular complexity index is 442. The minimum Gasteiger partial charge on any atom is -0.386 e. The predicted octanol–water partition coefficient (Wildman–Crippen LogP) is 3.69. The Morgan fingerprint density at radius 2 is 1.95 bits per heavy atom. The van der Waals surface area contributed by atoms with Crippen molar-refractivity contribution in [3.05, 3.63) is 17.4 Å². The minimum absolute atomic E-state index is 0.0996. The summed E-state index contributed by atoms with van der Waals surface area (Å²) in [7, 11) is 1.80. The summed E-state index contributed by atoms with van der Waals surface area (Å²) in [6, 6.07) is 1.71. The number of pyridine rings is 1. The molecule has 0 saturated heterocycles. The van der Waals surface area contributed by atoms with Crippen LogP contribution in [-0.2, 0) is 4.79 Å². The quantitative estimate of drug-likeness (QED) is 0.656. The van der Waals surface area contributed by atoms with Crippen molar-refractivity contribution >= 4 is 28.9 Å². The van der Waals surface area contributed by atoms with Crippen LogP contribution in [0.3, 0.4) is 0 Å². The zero-order valence-corrected chi connectivity index (χ0v) is 12.0. The summed E-state index contributed by atoms with van der Waals surface area (Å²) in [6.07, 6.45) is 8.36. The van der Waals surface area contributed by atoms with E-state index in [-0.39, 0.29) is 11.8 Å². The van der Waals surface area contributed by atoms with E-state index in [2.05, 4.69) is 15.6 Å². The van der Waals surface area contributed by atoms with Crippen LogP contribution in [-0.4, -0.2) is 17.9 Å². The molecule has 1 fully saturated rings. The first-order chi connectivity index (χ1) is 9.20. The number of anilines is 2. The van der Waals surface area contributed by atoms with Crippen molar-refractivity contribution in [3.63, 3.8) is 0 Å². The van der Waals surface area contributed by atoms with Gasteiger partial charge in [-0.2, -0.15) is 0 Å². The van der Waals surface area contributed by atoms with Crippen molar-refractivity contribution < 1.29 is 4.79 Å². The molecule has 0 spiro atoms. The van der Waals surface area contributed by atoms with Gasteiger partial charge in [0.25, 0.3) is 0 Å². The lowest BCUT2D eigenvalue weighted by atomic mass is 9.99. The number of amides is 1. The van der Waals surface area contributed by atoms with E-state index in [0.29, 0.717) is 10.8 Å². The van der Waals surface area contributed by atoms with E-state index in [1.807, 2.05) is 0 Å². The first kappa shape index (κ1) is 14.1. The Morgan fingerprint density at radius 3 is 2.58 bits per heavy atom. The predicted molar refractivity (Wildman–Crippen MR) is 78.6 cm³/mol. The Kier molecular flexibility index (Phi) is 5.02. The third-order valence-electron chi connectivity index (χ3n) is 3.62. The molecule has 0 atom stereocenters. The zero-order valence-electron chi connectivity index (χ0n) is 11.2. The summed E-state index contributed by atoms with van der Waals surface area (Å²) in [5.41, 5.74) is 1.49. The number of hydrogen-bond acceptors (Lipinski definition) is 3. The van der Waals surface area contributed by atoms with Gasteiger partial charge in [0.1, 0.15) is 5.15 Å². The molecule has 1 saturated carbocycles. The number of nitrogens with zero attached hydrogens (tertiary/aromatic N) is 1. The van der Waals surface area contributed by atoms with Gasteiger partial charge in [0.2, 0.25) is 5.91 Å². The monoisotopic (exact) mass is 281 g/mol. The van der Waals surface area contributed by atoms with Gasteiger partial charge in [0.05, 0.1) is 17.6 Å². The SMILES string of the molecule is CNc1cc(Cl)ncc1NC(=O)C1CCCCCC1. The molecule has 2 N–H and O–H groups in total. The van der Waals surface area contributed by atoms with Crippen LogP contribution < -0.4 is 10.6 Å². The first-order valence-corrected chi connectivity index (χ1v) is 7.22. The molecule has 1 aliphatic rings. The molecule has 0 radical (unpaired) electrons. The average Bonchev–Trinajstić information content (AvgIpc) is 2.69. The van der Waals surface area contributed by atoms with E-state index in [0.717, 1.165) is 31.4 Å². The molecule has 4 nitrogen and oxygen atoms in total. The fraction of sp³-hybridized carbons (Fsp3) is 0.571. The Balaban J connectivity index is 2.05. The van der Waals surface area contributed by atoms with Crippen molar-refractivity contribution in [2.45, 2.75) is 38.5 Å². The fourth-order valence-electron chi connectivity index (χ4n) is 2.51. The number of halogens is 1. The van der Waals surface area contributed by atoms with Gasteiger partial charge >= 0.3 is 0 Å². The van der Waals surface area contributed by atoms with Crippen molar-refractivity contribution in [1.82, 2.24) is 4.98 Å². The van der Waals surface area contributed by atoms with E-state index in [1.54, 1.807) is 19.3 Å². The van der Waals surface area contributed by atoms with E-state index < -0.39 is 0 Å². The molecular weight excluding hydrogens is 262 g/mol. The Morgan fingerprint density at radius 1 is 1.26 bits per heavy atom. The molecule has 5 heteroatoms. The molecule has 1 amide bonds. The zero-order chi connectivity index (χ0) is 13.7. The van der Waals surface area contributed by atoms with Crippen LogP contribution in [0.2, 0.25) is 5.15 Å². The fourth-order valence-corrected chi connectivity index (χ4v) is 2.67. The molecule has 1 heterocycles. The standard InChI is InChI=1S/C14H20ClN3O/c1-16-11-8-13(15)17-9-12(11)18-14(19)10-6-4-2-3-5-7-10/h8-10H,2-7H2,1H3,(H,16,17)(H,18,19). The largest absolute Gasteiger partial charge is 0.386 e. The molecule has 19 heavy (non-hydrogen) atoms. The van der Waals surface area contributed by atoms with Gasteiger partial charge in [-0.15, -0.1) is 0 Å². The molecule has 0 aromatic carbocycles. The van der Waals surface area contributed by atoms with Crippen LogP contribution in [0.4, 0.5) is 11.4 Å². The van der Waals surface area contributed by atoms with Crippen LogP contribution >= 0.6 is 11.6 Å². The molecule has 104 valence electrons.